The van der Waals surface area contributed by atoms with E-state index in [1.807, 2.05) is 12.1 Å². The molecular formula is C25H32O4. The molecular weight excluding hydrogens is 364 g/mol. The van der Waals surface area contributed by atoms with E-state index in [0.29, 0.717) is 32.5 Å². The number of esters is 2. The summed E-state index contributed by atoms with van der Waals surface area (Å²) in [4.78, 5) is 25.8. The van der Waals surface area contributed by atoms with Crippen molar-refractivity contribution in [3.63, 3.8) is 0 Å². The number of carbonyl (C=O) groups excluding carboxylic acids is 2. The van der Waals surface area contributed by atoms with Gasteiger partial charge in [0.05, 0.1) is 24.5 Å². The number of rotatable bonds is 10. The van der Waals surface area contributed by atoms with Crippen molar-refractivity contribution < 1.29 is 19.1 Å². The highest BCUT2D eigenvalue weighted by molar-refractivity contribution is 5.88. The Morgan fingerprint density at radius 2 is 1.66 bits per heavy atom. The van der Waals surface area contributed by atoms with E-state index in [2.05, 4.69) is 44.2 Å². The minimum absolute atomic E-state index is 0.247. The molecule has 0 N–H and O–H groups in total. The molecule has 0 unspecified atom stereocenters. The van der Waals surface area contributed by atoms with E-state index in [0.717, 1.165) is 36.6 Å². The van der Waals surface area contributed by atoms with E-state index >= 15 is 0 Å². The summed E-state index contributed by atoms with van der Waals surface area (Å²) in [6, 6.07) is 14.4. The fourth-order valence-corrected chi connectivity index (χ4v) is 4.09. The topological polar surface area (TPSA) is 52.6 Å². The summed E-state index contributed by atoms with van der Waals surface area (Å²) in [5.41, 5.74) is 0.252. The number of carbonyl (C=O) groups is 2. The fraction of sp³-hybridized carbons (Fsp3) is 0.520. The highest BCUT2D eigenvalue weighted by Crippen LogP contribution is 2.51. The molecule has 2 atom stereocenters. The van der Waals surface area contributed by atoms with Crippen LogP contribution in [0.25, 0.3) is 10.8 Å². The summed E-state index contributed by atoms with van der Waals surface area (Å²) >= 11 is 0. The lowest BCUT2D eigenvalue weighted by Crippen LogP contribution is -2.53. The van der Waals surface area contributed by atoms with Gasteiger partial charge < -0.3 is 9.47 Å². The average Bonchev–Trinajstić information content (AvgIpc) is 2.71. The molecule has 1 aliphatic rings. The molecule has 156 valence electrons. The summed E-state index contributed by atoms with van der Waals surface area (Å²) in [5, 5.41) is 2.31. The quantitative estimate of drug-likeness (QED) is 0.395. The standard InChI is InChI=1S/C25H32O4/c1-3-5-15-28-23(26)22-13-14-25(22,24(27)29-16-6-4-2)18-19-11-12-20-9-7-8-10-21(20)17-19/h7-12,17,22H,3-6,13-16,18H2,1-2H3/t22-,25+/m1/s1. The summed E-state index contributed by atoms with van der Waals surface area (Å²) in [6.45, 7) is 4.96. The van der Waals surface area contributed by atoms with Crippen molar-refractivity contribution in [1.29, 1.82) is 0 Å². The van der Waals surface area contributed by atoms with Crippen LogP contribution < -0.4 is 0 Å². The zero-order valence-corrected chi connectivity index (χ0v) is 17.6. The van der Waals surface area contributed by atoms with Crippen molar-refractivity contribution in [3.8, 4) is 0 Å². The van der Waals surface area contributed by atoms with Gasteiger partial charge in [-0.3, -0.25) is 9.59 Å². The first kappa shape index (κ1) is 21.4. The molecule has 0 amide bonds. The molecule has 2 aromatic rings. The molecule has 0 spiro atoms. The molecule has 1 fully saturated rings. The molecule has 1 aliphatic carbocycles. The monoisotopic (exact) mass is 396 g/mol. The highest BCUT2D eigenvalue weighted by atomic mass is 16.5. The molecule has 0 saturated heterocycles. The van der Waals surface area contributed by atoms with Crippen LogP contribution >= 0.6 is 0 Å². The van der Waals surface area contributed by atoms with Gasteiger partial charge in [0.2, 0.25) is 0 Å². The molecule has 0 aromatic heterocycles. The van der Waals surface area contributed by atoms with Crippen LogP contribution in [0.15, 0.2) is 42.5 Å². The third-order valence-electron chi connectivity index (χ3n) is 6.04. The second-order valence-corrected chi connectivity index (χ2v) is 8.12. The van der Waals surface area contributed by atoms with E-state index < -0.39 is 11.3 Å². The molecule has 2 aromatic carbocycles. The number of benzene rings is 2. The van der Waals surface area contributed by atoms with Crippen LogP contribution in [0.2, 0.25) is 0 Å². The summed E-state index contributed by atoms with van der Waals surface area (Å²) in [6.07, 6.45) is 5.48. The van der Waals surface area contributed by atoms with Crippen LogP contribution in [0.3, 0.4) is 0 Å². The smallest absolute Gasteiger partial charge is 0.313 e. The van der Waals surface area contributed by atoms with Gasteiger partial charge in [-0.05, 0) is 48.4 Å². The second-order valence-electron chi connectivity index (χ2n) is 8.12. The van der Waals surface area contributed by atoms with Crippen LogP contribution in [0.4, 0.5) is 0 Å². The van der Waals surface area contributed by atoms with Gasteiger partial charge >= 0.3 is 11.9 Å². The Kier molecular flexibility index (Phi) is 7.29. The minimum Gasteiger partial charge on any atom is -0.465 e. The molecule has 29 heavy (non-hydrogen) atoms. The minimum atomic E-state index is -0.806. The Bertz CT molecular complexity index is 844. The average molecular weight is 397 g/mol. The number of hydrogen-bond acceptors (Lipinski definition) is 4. The van der Waals surface area contributed by atoms with Gasteiger partial charge in [0.15, 0.2) is 0 Å². The fourth-order valence-electron chi connectivity index (χ4n) is 4.09. The highest BCUT2D eigenvalue weighted by Gasteiger charge is 2.57. The first-order chi connectivity index (χ1) is 14.1. The third-order valence-corrected chi connectivity index (χ3v) is 6.04. The molecule has 0 bridgehead atoms. The molecule has 1 saturated carbocycles. The van der Waals surface area contributed by atoms with Crippen LogP contribution in [-0.4, -0.2) is 25.2 Å². The lowest BCUT2D eigenvalue weighted by Gasteiger charge is -2.45. The first-order valence-corrected chi connectivity index (χ1v) is 10.9. The van der Waals surface area contributed by atoms with Gasteiger partial charge in [0.1, 0.15) is 0 Å². The van der Waals surface area contributed by atoms with Crippen molar-refractivity contribution in [1.82, 2.24) is 0 Å². The first-order valence-electron chi connectivity index (χ1n) is 10.9. The van der Waals surface area contributed by atoms with Crippen LogP contribution in [-0.2, 0) is 25.5 Å². The van der Waals surface area contributed by atoms with Crippen molar-refractivity contribution in [2.24, 2.45) is 11.3 Å². The molecule has 0 radical (unpaired) electrons. The lowest BCUT2D eigenvalue weighted by molar-refractivity contribution is -0.181. The molecule has 3 rings (SSSR count). The van der Waals surface area contributed by atoms with Gasteiger partial charge in [-0.2, -0.15) is 0 Å². The molecule has 0 aliphatic heterocycles. The van der Waals surface area contributed by atoms with E-state index in [4.69, 9.17) is 9.47 Å². The molecule has 4 heteroatoms. The lowest BCUT2D eigenvalue weighted by atomic mass is 9.57. The zero-order chi connectivity index (χ0) is 20.7. The Labute approximate surface area is 173 Å². The second kappa shape index (κ2) is 9.91. The van der Waals surface area contributed by atoms with E-state index in [-0.39, 0.29) is 11.9 Å². The summed E-state index contributed by atoms with van der Waals surface area (Å²) in [7, 11) is 0. The Hall–Kier alpha value is -2.36. The van der Waals surface area contributed by atoms with Gasteiger partial charge in [0.25, 0.3) is 0 Å². The Morgan fingerprint density at radius 1 is 0.966 bits per heavy atom. The number of unbranched alkanes of at least 4 members (excludes halogenated alkanes) is 2. The van der Waals surface area contributed by atoms with E-state index in [1.165, 1.54) is 5.39 Å². The number of ether oxygens (including phenoxy) is 2. The van der Waals surface area contributed by atoms with E-state index in [1.54, 1.807) is 0 Å². The molecule has 0 heterocycles. The van der Waals surface area contributed by atoms with Crippen molar-refractivity contribution in [2.75, 3.05) is 13.2 Å². The number of fused-ring (bicyclic) bond motifs is 1. The summed E-state index contributed by atoms with van der Waals surface area (Å²) < 4.78 is 11.1. The third kappa shape index (κ3) is 4.80. The maximum absolute atomic E-state index is 13.1. The predicted octanol–water partition coefficient (Wildman–Crippen LogP) is 5.47. The van der Waals surface area contributed by atoms with Gasteiger partial charge in [-0.15, -0.1) is 0 Å². The van der Waals surface area contributed by atoms with E-state index in [9.17, 15) is 9.59 Å². The van der Waals surface area contributed by atoms with Gasteiger partial charge in [-0.1, -0.05) is 69.2 Å². The maximum Gasteiger partial charge on any atom is 0.313 e. The summed E-state index contributed by atoms with van der Waals surface area (Å²) in [5.74, 6) is -0.916. The predicted molar refractivity (Wildman–Crippen MR) is 115 cm³/mol. The van der Waals surface area contributed by atoms with Crippen molar-refractivity contribution >= 4 is 22.7 Å². The van der Waals surface area contributed by atoms with Crippen molar-refractivity contribution in [3.05, 3.63) is 48.0 Å². The van der Waals surface area contributed by atoms with Gasteiger partial charge in [-0.25, -0.2) is 0 Å². The van der Waals surface area contributed by atoms with Crippen LogP contribution in [0, 0.1) is 11.3 Å². The normalized spacial score (nSPS) is 20.8. The Morgan fingerprint density at radius 3 is 2.31 bits per heavy atom. The Balaban J connectivity index is 1.82. The van der Waals surface area contributed by atoms with Crippen LogP contribution in [0.5, 0.6) is 0 Å². The largest absolute Gasteiger partial charge is 0.465 e. The zero-order valence-electron chi connectivity index (χ0n) is 17.6. The van der Waals surface area contributed by atoms with Crippen LogP contribution in [0.1, 0.15) is 57.9 Å². The maximum atomic E-state index is 13.1. The SMILES string of the molecule is CCCCOC(=O)[C@H]1CC[C@@]1(Cc1ccc2ccccc2c1)C(=O)OCCCC. The van der Waals surface area contributed by atoms with Crippen molar-refractivity contribution in [2.45, 2.75) is 58.8 Å². The number of hydrogen-bond donors (Lipinski definition) is 0. The molecule has 4 nitrogen and oxygen atoms in total. The van der Waals surface area contributed by atoms with Gasteiger partial charge in [0, 0.05) is 0 Å².